The van der Waals surface area contributed by atoms with E-state index in [0.29, 0.717) is 32.5 Å². The highest BCUT2D eigenvalue weighted by Crippen LogP contribution is 2.33. The summed E-state index contributed by atoms with van der Waals surface area (Å²) in [6.45, 7) is 1.70. The lowest BCUT2D eigenvalue weighted by molar-refractivity contribution is -0.138. The van der Waals surface area contributed by atoms with E-state index < -0.39 is 0 Å². The van der Waals surface area contributed by atoms with Crippen molar-refractivity contribution in [3.63, 3.8) is 0 Å². The molecule has 3 heterocycles. The Balaban J connectivity index is 1.46. The fourth-order valence-electron chi connectivity index (χ4n) is 4.34. The molecule has 0 unspecified atom stereocenters. The largest absolute Gasteiger partial charge is 0.355 e. The summed E-state index contributed by atoms with van der Waals surface area (Å²) >= 11 is 0. The van der Waals surface area contributed by atoms with E-state index in [-0.39, 0.29) is 17.7 Å². The molecular formula is C22H22N4O2. The maximum absolute atomic E-state index is 13.0. The molecule has 0 aliphatic carbocycles. The summed E-state index contributed by atoms with van der Waals surface area (Å²) in [6, 6.07) is 14.5. The van der Waals surface area contributed by atoms with Gasteiger partial charge in [0.05, 0.1) is 11.6 Å². The molecule has 1 aromatic heterocycles. The van der Waals surface area contributed by atoms with Gasteiger partial charge in [-0.05, 0) is 17.2 Å². The third kappa shape index (κ3) is 2.85. The van der Waals surface area contributed by atoms with Gasteiger partial charge in [-0.1, -0.05) is 42.5 Å². The van der Waals surface area contributed by atoms with Gasteiger partial charge in [0.2, 0.25) is 11.8 Å². The molecule has 2 aliphatic heterocycles. The molecule has 2 aliphatic rings. The number of nitrogens with zero attached hydrogens (tertiary/aromatic N) is 2. The van der Waals surface area contributed by atoms with Gasteiger partial charge < -0.3 is 10.2 Å². The normalized spacial score (nSPS) is 19.4. The minimum Gasteiger partial charge on any atom is -0.355 e. The van der Waals surface area contributed by atoms with Gasteiger partial charge in [0, 0.05) is 49.3 Å². The Morgan fingerprint density at radius 2 is 1.96 bits per heavy atom. The number of carbonyl (C=O) groups is 2. The Morgan fingerprint density at radius 3 is 2.82 bits per heavy atom. The maximum atomic E-state index is 13.0. The van der Waals surface area contributed by atoms with Crippen molar-refractivity contribution in [1.82, 2.24) is 20.4 Å². The molecule has 1 atom stereocenters. The number of hydrogen-bond donors (Lipinski definition) is 2. The molecule has 2 aromatic carbocycles. The molecule has 2 amide bonds. The maximum Gasteiger partial charge on any atom is 0.227 e. The van der Waals surface area contributed by atoms with E-state index in [0.717, 1.165) is 34.3 Å². The molecule has 0 bridgehead atoms. The van der Waals surface area contributed by atoms with E-state index in [2.05, 4.69) is 45.8 Å². The van der Waals surface area contributed by atoms with Crippen LogP contribution in [0.3, 0.4) is 0 Å². The molecule has 3 aromatic rings. The van der Waals surface area contributed by atoms with E-state index in [1.54, 1.807) is 0 Å². The number of rotatable bonds is 2. The van der Waals surface area contributed by atoms with E-state index in [1.165, 1.54) is 5.39 Å². The predicted molar refractivity (Wildman–Crippen MR) is 106 cm³/mol. The summed E-state index contributed by atoms with van der Waals surface area (Å²) in [7, 11) is 0. The molecule has 2 N–H and O–H groups in total. The van der Waals surface area contributed by atoms with E-state index >= 15 is 0 Å². The SMILES string of the molecule is O=C1CC[C@H](C(=O)N2CCc3[nH]nc(-c4cccc5ccccc45)c3C2)CN1. The molecular weight excluding hydrogens is 352 g/mol. The number of H-pyrrole nitrogens is 1. The van der Waals surface area contributed by atoms with Gasteiger partial charge in [0.1, 0.15) is 0 Å². The number of aromatic amines is 1. The minimum absolute atomic E-state index is 0.0399. The van der Waals surface area contributed by atoms with Gasteiger partial charge in [0.25, 0.3) is 0 Å². The molecule has 28 heavy (non-hydrogen) atoms. The summed E-state index contributed by atoms with van der Waals surface area (Å²) in [5.41, 5.74) is 4.25. The second kappa shape index (κ2) is 6.78. The first kappa shape index (κ1) is 17.0. The zero-order valence-corrected chi connectivity index (χ0v) is 15.6. The van der Waals surface area contributed by atoms with Crippen LogP contribution in [0.4, 0.5) is 0 Å². The Bertz CT molecular complexity index is 1060. The van der Waals surface area contributed by atoms with Crippen molar-refractivity contribution >= 4 is 22.6 Å². The van der Waals surface area contributed by atoms with Gasteiger partial charge in [0.15, 0.2) is 0 Å². The van der Waals surface area contributed by atoms with Crippen molar-refractivity contribution in [3.8, 4) is 11.3 Å². The molecule has 6 nitrogen and oxygen atoms in total. The summed E-state index contributed by atoms with van der Waals surface area (Å²) in [4.78, 5) is 26.3. The number of aromatic nitrogens is 2. The molecule has 1 saturated heterocycles. The lowest BCUT2D eigenvalue weighted by Gasteiger charge is -2.32. The highest BCUT2D eigenvalue weighted by molar-refractivity contribution is 5.96. The van der Waals surface area contributed by atoms with Crippen molar-refractivity contribution in [2.75, 3.05) is 13.1 Å². The lowest BCUT2D eigenvalue weighted by atomic mass is 9.94. The van der Waals surface area contributed by atoms with Crippen LogP contribution in [0.1, 0.15) is 24.1 Å². The van der Waals surface area contributed by atoms with Crippen LogP contribution in [0.5, 0.6) is 0 Å². The first-order valence-corrected chi connectivity index (χ1v) is 9.80. The van der Waals surface area contributed by atoms with E-state index in [4.69, 9.17) is 0 Å². The average molecular weight is 374 g/mol. The van der Waals surface area contributed by atoms with E-state index in [1.807, 2.05) is 17.0 Å². The van der Waals surface area contributed by atoms with Crippen LogP contribution in [0.15, 0.2) is 42.5 Å². The second-order valence-electron chi connectivity index (χ2n) is 7.61. The van der Waals surface area contributed by atoms with Crippen molar-refractivity contribution < 1.29 is 9.59 Å². The monoisotopic (exact) mass is 374 g/mol. The predicted octanol–water partition coefficient (Wildman–Crippen LogP) is 2.64. The van der Waals surface area contributed by atoms with Crippen molar-refractivity contribution in [2.24, 2.45) is 5.92 Å². The number of piperidine rings is 1. The van der Waals surface area contributed by atoms with Gasteiger partial charge >= 0.3 is 0 Å². The number of benzene rings is 2. The smallest absolute Gasteiger partial charge is 0.227 e. The molecule has 0 radical (unpaired) electrons. The minimum atomic E-state index is -0.118. The molecule has 0 spiro atoms. The quantitative estimate of drug-likeness (QED) is 0.724. The summed E-state index contributed by atoms with van der Waals surface area (Å²) in [5, 5.41) is 13.0. The van der Waals surface area contributed by atoms with Crippen LogP contribution in [0.2, 0.25) is 0 Å². The highest BCUT2D eigenvalue weighted by atomic mass is 16.2. The summed E-state index contributed by atoms with van der Waals surface area (Å²) < 4.78 is 0. The van der Waals surface area contributed by atoms with Crippen LogP contribution in [-0.2, 0) is 22.6 Å². The summed E-state index contributed by atoms with van der Waals surface area (Å²) in [5.74, 6) is 0.0564. The third-order valence-corrected chi connectivity index (χ3v) is 5.90. The molecule has 142 valence electrons. The Hall–Kier alpha value is -3.15. The number of carbonyl (C=O) groups excluding carboxylic acids is 2. The fourth-order valence-corrected chi connectivity index (χ4v) is 4.34. The molecule has 0 saturated carbocycles. The number of hydrogen-bond acceptors (Lipinski definition) is 3. The number of amides is 2. The zero-order valence-electron chi connectivity index (χ0n) is 15.6. The lowest BCUT2D eigenvalue weighted by Crippen LogP contribution is -2.46. The Kier molecular flexibility index (Phi) is 4.11. The number of fused-ring (bicyclic) bond motifs is 2. The molecule has 1 fully saturated rings. The zero-order chi connectivity index (χ0) is 19.1. The van der Waals surface area contributed by atoms with Crippen LogP contribution in [-0.4, -0.2) is 40.0 Å². The molecule has 5 rings (SSSR count). The van der Waals surface area contributed by atoms with Crippen LogP contribution >= 0.6 is 0 Å². The fraction of sp³-hybridized carbons (Fsp3) is 0.318. The summed E-state index contributed by atoms with van der Waals surface area (Å²) in [6.07, 6.45) is 1.84. The third-order valence-electron chi connectivity index (χ3n) is 5.90. The van der Waals surface area contributed by atoms with Gasteiger partial charge in [-0.2, -0.15) is 5.10 Å². The van der Waals surface area contributed by atoms with Crippen LogP contribution < -0.4 is 5.32 Å². The highest BCUT2D eigenvalue weighted by Gasteiger charge is 2.32. The number of nitrogens with one attached hydrogen (secondary N) is 2. The van der Waals surface area contributed by atoms with Crippen molar-refractivity contribution in [1.29, 1.82) is 0 Å². The second-order valence-corrected chi connectivity index (χ2v) is 7.61. The topological polar surface area (TPSA) is 78.1 Å². The standard InChI is InChI=1S/C22H22N4O2/c27-20-9-8-15(12-23-20)22(28)26-11-10-19-18(13-26)21(25-24-19)17-7-3-5-14-4-1-2-6-16(14)17/h1-7,15H,8-13H2,(H,23,27)(H,24,25)/t15-/m0/s1. The Labute approximate surface area is 162 Å². The van der Waals surface area contributed by atoms with Crippen LogP contribution in [0, 0.1) is 5.92 Å². The van der Waals surface area contributed by atoms with Crippen molar-refractivity contribution in [2.45, 2.75) is 25.8 Å². The molecule has 6 heteroatoms. The van der Waals surface area contributed by atoms with Gasteiger partial charge in [-0.3, -0.25) is 14.7 Å². The van der Waals surface area contributed by atoms with Crippen molar-refractivity contribution in [3.05, 3.63) is 53.7 Å². The van der Waals surface area contributed by atoms with Gasteiger partial charge in [-0.15, -0.1) is 0 Å². The van der Waals surface area contributed by atoms with Gasteiger partial charge in [-0.25, -0.2) is 0 Å². The first-order chi connectivity index (χ1) is 13.7. The Morgan fingerprint density at radius 1 is 1.11 bits per heavy atom. The van der Waals surface area contributed by atoms with E-state index in [9.17, 15) is 9.59 Å². The van der Waals surface area contributed by atoms with Crippen LogP contribution in [0.25, 0.3) is 22.0 Å². The first-order valence-electron chi connectivity index (χ1n) is 9.80. The average Bonchev–Trinajstić information content (AvgIpc) is 3.16.